The molecule has 1 aromatic heterocycles. The van der Waals surface area contributed by atoms with E-state index in [0.29, 0.717) is 31.4 Å². The fourth-order valence-electron chi connectivity index (χ4n) is 5.27. The van der Waals surface area contributed by atoms with E-state index >= 15 is 0 Å². The first-order valence-electron chi connectivity index (χ1n) is 12.3. The first kappa shape index (κ1) is 26.3. The summed E-state index contributed by atoms with van der Waals surface area (Å²) in [4.78, 5) is 19.0. The molecular formula is C27H33F3N2O4. The molecule has 1 amide bonds. The Morgan fingerprint density at radius 3 is 2.58 bits per heavy atom. The predicted molar refractivity (Wildman–Crippen MR) is 128 cm³/mol. The van der Waals surface area contributed by atoms with E-state index in [-0.39, 0.29) is 25.0 Å². The summed E-state index contributed by atoms with van der Waals surface area (Å²) in [6, 6.07) is 10.3. The molecule has 36 heavy (non-hydrogen) atoms. The molecule has 6 nitrogen and oxygen atoms in total. The first-order chi connectivity index (χ1) is 16.9. The van der Waals surface area contributed by atoms with Crippen LogP contribution >= 0.6 is 0 Å². The van der Waals surface area contributed by atoms with Crippen LogP contribution in [0.15, 0.2) is 42.6 Å². The highest BCUT2D eigenvalue weighted by atomic mass is 19.4. The summed E-state index contributed by atoms with van der Waals surface area (Å²) in [5.41, 5.74) is -0.988. The molecule has 0 aliphatic carbocycles. The quantitative estimate of drug-likeness (QED) is 0.473. The minimum atomic E-state index is -4.52. The van der Waals surface area contributed by atoms with Crippen LogP contribution < -0.4 is 4.74 Å². The van der Waals surface area contributed by atoms with Crippen molar-refractivity contribution in [3.8, 4) is 5.88 Å². The minimum absolute atomic E-state index is 0.187. The highest BCUT2D eigenvalue weighted by Crippen LogP contribution is 2.52. The van der Waals surface area contributed by atoms with Gasteiger partial charge in [0.05, 0.1) is 30.4 Å². The van der Waals surface area contributed by atoms with Gasteiger partial charge in [-0.2, -0.15) is 13.2 Å². The van der Waals surface area contributed by atoms with Gasteiger partial charge in [-0.3, -0.25) is 4.90 Å². The van der Waals surface area contributed by atoms with Crippen LogP contribution in [0, 0.1) is 0 Å². The maximum absolute atomic E-state index is 13.5. The normalized spacial score (nSPS) is 24.7. The number of piperidine rings is 1. The second kappa shape index (κ2) is 9.92. The molecule has 2 saturated heterocycles. The summed E-state index contributed by atoms with van der Waals surface area (Å²) >= 11 is 0. The molecule has 3 heterocycles. The van der Waals surface area contributed by atoms with Gasteiger partial charge in [-0.25, -0.2) is 9.78 Å². The molecule has 196 valence electrons. The molecule has 4 rings (SSSR count). The van der Waals surface area contributed by atoms with Crippen molar-refractivity contribution < 1.29 is 32.2 Å². The number of amides is 1. The van der Waals surface area contributed by atoms with E-state index < -0.39 is 35.1 Å². The predicted octanol–water partition coefficient (Wildman–Crippen LogP) is 6.51. The van der Waals surface area contributed by atoms with Gasteiger partial charge in [-0.1, -0.05) is 30.3 Å². The average molecular weight is 507 g/mol. The number of ether oxygens (including phenoxy) is 3. The van der Waals surface area contributed by atoms with Gasteiger partial charge in [0.25, 0.3) is 0 Å². The van der Waals surface area contributed by atoms with E-state index in [1.807, 2.05) is 51.1 Å². The molecule has 9 heteroatoms. The van der Waals surface area contributed by atoms with Crippen molar-refractivity contribution >= 4 is 6.09 Å². The van der Waals surface area contributed by atoms with E-state index in [4.69, 9.17) is 14.2 Å². The molecule has 0 N–H and O–H groups in total. The number of hydrogen-bond donors (Lipinski definition) is 0. The smallest absolute Gasteiger partial charge is 0.417 e. The van der Waals surface area contributed by atoms with Gasteiger partial charge in [-0.05, 0) is 58.6 Å². The monoisotopic (exact) mass is 506 g/mol. The number of likely N-dealkylation sites (tertiary alicyclic amines) is 1. The molecule has 2 fully saturated rings. The van der Waals surface area contributed by atoms with E-state index in [2.05, 4.69) is 4.98 Å². The van der Waals surface area contributed by atoms with Gasteiger partial charge in [0, 0.05) is 24.2 Å². The largest absolute Gasteiger partial charge is 0.478 e. The summed E-state index contributed by atoms with van der Waals surface area (Å²) in [5.74, 6) is -0.182. The number of benzene rings is 1. The number of halogens is 3. The molecule has 1 spiro atoms. The Labute approximate surface area is 209 Å². The Morgan fingerprint density at radius 1 is 1.22 bits per heavy atom. The van der Waals surface area contributed by atoms with Gasteiger partial charge in [0.1, 0.15) is 5.60 Å². The SMILES string of the molecule is CCOc1ncc(C(F)(F)F)cc1[C@@H]1CO[C@]2(CCCN(C(=O)OC(C)(C)C)[C@H]2c2ccccc2)C1. The highest BCUT2D eigenvalue weighted by Gasteiger charge is 2.54. The molecule has 0 saturated carbocycles. The third kappa shape index (κ3) is 5.45. The summed E-state index contributed by atoms with van der Waals surface area (Å²) in [6.07, 6.45) is -2.37. The number of rotatable bonds is 4. The zero-order valence-corrected chi connectivity index (χ0v) is 21.1. The van der Waals surface area contributed by atoms with Crippen molar-refractivity contribution in [1.82, 2.24) is 9.88 Å². The van der Waals surface area contributed by atoms with Crippen LogP contribution in [-0.2, 0) is 15.7 Å². The lowest BCUT2D eigenvalue weighted by Gasteiger charge is -2.47. The van der Waals surface area contributed by atoms with Gasteiger partial charge >= 0.3 is 12.3 Å². The maximum atomic E-state index is 13.5. The number of alkyl halides is 3. The van der Waals surface area contributed by atoms with Crippen LogP contribution in [0.25, 0.3) is 0 Å². The highest BCUT2D eigenvalue weighted by molar-refractivity contribution is 5.69. The van der Waals surface area contributed by atoms with Crippen LogP contribution in [0.2, 0.25) is 0 Å². The summed E-state index contributed by atoms with van der Waals surface area (Å²) in [7, 11) is 0. The van der Waals surface area contributed by atoms with Crippen molar-refractivity contribution in [1.29, 1.82) is 0 Å². The molecule has 2 aliphatic rings. The molecule has 2 aliphatic heterocycles. The number of nitrogens with zero attached hydrogens (tertiary/aromatic N) is 2. The summed E-state index contributed by atoms with van der Waals surface area (Å²) < 4.78 is 58.3. The minimum Gasteiger partial charge on any atom is -0.478 e. The van der Waals surface area contributed by atoms with Crippen LogP contribution in [0.1, 0.15) is 75.6 Å². The van der Waals surface area contributed by atoms with Gasteiger partial charge in [-0.15, -0.1) is 0 Å². The Hall–Kier alpha value is -2.81. The van der Waals surface area contributed by atoms with Crippen LogP contribution in [-0.4, -0.2) is 46.9 Å². The number of carbonyl (C=O) groups is 1. The molecule has 3 atom stereocenters. The summed E-state index contributed by atoms with van der Waals surface area (Å²) in [6.45, 7) is 8.21. The molecule has 2 aromatic rings. The Kier molecular flexibility index (Phi) is 7.23. The molecule has 0 bridgehead atoms. The third-order valence-electron chi connectivity index (χ3n) is 6.64. The maximum Gasteiger partial charge on any atom is 0.417 e. The number of pyridine rings is 1. The number of carbonyl (C=O) groups excluding carboxylic acids is 1. The summed E-state index contributed by atoms with van der Waals surface area (Å²) in [5, 5.41) is 0. The first-order valence-corrected chi connectivity index (χ1v) is 12.3. The van der Waals surface area contributed by atoms with E-state index in [9.17, 15) is 18.0 Å². The Balaban J connectivity index is 1.72. The average Bonchev–Trinajstić information content (AvgIpc) is 3.22. The Morgan fingerprint density at radius 2 is 1.94 bits per heavy atom. The Bertz CT molecular complexity index is 1070. The molecule has 0 radical (unpaired) electrons. The fraction of sp³-hybridized carbons (Fsp3) is 0.556. The van der Waals surface area contributed by atoms with Crippen molar-refractivity contribution in [3.63, 3.8) is 0 Å². The number of hydrogen-bond acceptors (Lipinski definition) is 5. The van der Waals surface area contributed by atoms with Crippen LogP contribution in [0.4, 0.5) is 18.0 Å². The molecule has 1 aromatic carbocycles. The van der Waals surface area contributed by atoms with Crippen molar-refractivity contribution in [2.45, 2.75) is 76.3 Å². The molecular weight excluding hydrogens is 473 g/mol. The fourth-order valence-corrected chi connectivity index (χ4v) is 5.27. The van der Waals surface area contributed by atoms with E-state index in [1.54, 1.807) is 11.8 Å². The third-order valence-corrected chi connectivity index (χ3v) is 6.64. The van der Waals surface area contributed by atoms with Crippen molar-refractivity contribution in [2.24, 2.45) is 0 Å². The van der Waals surface area contributed by atoms with E-state index in [0.717, 1.165) is 17.8 Å². The van der Waals surface area contributed by atoms with Gasteiger partial charge in [0.15, 0.2) is 0 Å². The van der Waals surface area contributed by atoms with Crippen molar-refractivity contribution in [3.05, 3.63) is 59.3 Å². The van der Waals surface area contributed by atoms with Crippen LogP contribution in [0.3, 0.4) is 0 Å². The standard InChI is InChI=1S/C27H33F3N2O4/c1-5-34-23-21(14-20(16-31-23)27(28,29)30)19-15-26(35-17-19)12-9-13-32(24(33)36-25(2,3)4)22(26)18-10-7-6-8-11-18/h6-8,10-11,14,16,19,22H,5,9,12-13,15,17H2,1-4H3/t19-,22-,26+/m0/s1. The lowest BCUT2D eigenvalue weighted by molar-refractivity contribution is -0.137. The topological polar surface area (TPSA) is 60.9 Å². The van der Waals surface area contributed by atoms with Gasteiger partial charge < -0.3 is 14.2 Å². The number of aromatic nitrogens is 1. The lowest BCUT2D eigenvalue weighted by atomic mass is 9.76. The van der Waals surface area contributed by atoms with E-state index in [1.165, 1.54) is 0 Å². The van der Waals surface area contributed by atoms with Gasteiger partial charge in [0.2, 0.25) is 5.88 Å². The van der Waals surface area contributed by atoms with Crippen LogP contribution in [0.5, 0.6) is 5.88 Å². The van der Waals surface area contributed by atoms with Crippen molar-refractivity contribution in [2.75, 3.05) is 19.8 Å². The second-order valence-corrected chi connectivity index (χ2v) is 10.4. The lowest BCUT2D eigenvalue weighted by Crippen LogP contribution is -2.53. The zero-order valence-electron chi connectivity index (χ0n) is 21.1. The second-order valence-electron chi connectivity index (χ2n) is 10.4. The molecule has 0 unspecified atom stereocenters. The zero-order chi connectivity index (χ0) is 26.1.